The Bertz CT molecular complexity index is 388. The lowest BCUT2D eigenvalue weighted by atomic mass is 10.1. The lowest BCUT2D eigenvalue weighted by molar-refractivity contribution is -0.148. The molecule has 5 heteroatoms. The van der Waals surface area contributed by atoms with Crippen LogP contribution in [0.4, 0.5) is 8.78 Å². The molecule has 0 heterocycles. The van der Waals surface area contributed by atoms with Crippen LogP contribution in [0.5, 0.6) is 0 Å². The molecule has 0 fully saturated rings. The molecule has 0 amide bonds. The van der Waals surface area contributed by atoms with Gasteiger partial charge in [0, 0.05) is 6.42 Å². The molecule has 1 rings (SSSR count). The van der Waals surface area contributed by atoms with Crippen LogP contribution in [0.1, 0.15) is 5.56 Å². The van der Waals surface area contributed by atoms with Crippen LogP contribution < -0.4 is 0 Å². The summed E-state index contributed by atoms with van der Waals surface area (Å²) in [6.45, 7) is 0. The molecule has 3 nitrogen and oxygen atoms in total. The van der Waals surface area contributed by atoms with Crippen molar-refractivity contribution in [3.63, 3.8) is 0 Å². The average molecular weight is 200 g/mol. The van der Waals surface area contributed by atoms with Gasteiger partial charge in [-0.1, -0.05) is 0 Å². The van der Waals surface area contributed by atoms with Crippen LogP contribution >= 0.6 is 0 Å². The fourth-order valence-electron chi connectivity index (χ4n) is 0.927. The third-order valence-corrected chi connectivity index (χ3v) is 1.60. The molecule has 1 aromatic rings. The average Bonchev–Trinajstić information content (AvgIpc) is 2.11. The molecule has 0 bridgehead atoms. The van der Waals surface area contributed by atoms with Gasteiger partial charge in [0.15, 0.2) is 0 Å². The predicted octanol–water partition coefficient (Wildman–Crippen LogP) is 1.16. The van der Waals surface area contributed by atoms with Crippen LogP contribution in [0.3, 0.4) is 0 Å². The normalized spacial score (nSPS) is 9.86. The molecular weight excluding hydrogens is 194 g/mol. The molecule has 0 spiro atoms. The summed E-state index contributed by atoms with van der Waals surface area (Å²) in [6, 6.07) is 2.54. The molecular formula is C9H6F2O3. The second-order valence-electron chi connectivity index (χ2n) is 2.64. The molecule has 0 aliphatic rings. The van der Waals surface area contributed by atoms with Crippen molar-refractivity contribution in [1.29, 1.82) is 0 Å². The Morgan fingerprint density at radius 2 is 1.93 bits per heavy atom. The molecule has 0 saturated heterocycles. The Balaban J connectivity index is 2.91. The molecule has 1 N–H and O–H groups in total. The first-order valence-electron chi connectivity index (χ1n) is 3.70. The summed E-state index contributed by atoms with van der Waals surface area (Å²) in [7, 11) is 0. The maximum atomic E-state index is 12.9. The number of halogens is 2. The third-order valence-electron chi connectivity index (χ3n) is 1.60. The number of rotatable bonds is 3. The molecule has 0 aliphatic carbocycles. The SMILES string of the molecule is O=C(O)C(=O)Cc1cc(F)ccc1F. The van der Waals surface area contributed by atoms with Gasteiger partial charge < -0.3 is 5.11 Å². The van der Waals surface area contributed by atoms with E-state index in [1.165, 1.54) is 0 Å². The summed E-state index contributed by atoms with van der Waals surface area (Å²) in [6.07, 6.45) is -0.640. The van der Waals surface area contributed by atoms with Crippen LogP contribution in [0.15, 0.2) is 18.2 Å². The number of carbonyl (C=O) groups excluding carboxylic acids is 1. The number of carboxylic acid groups (broad SMARTS) is 1. The molecule has 0 atom stereocenters. The van der Waals surface area contributed by atoms with Crippen molar-refractivity contribution in [3.8, 4) is 0 Å². The van der Waals surface area contributed by atoms with Gasteiger partial charge >= 0.3 is 5.97 Å². The molecule has 0 radical (unpaired) electrons. The molecule has 14 heavy (non-hydrogen) atoms. The lowest BCUT2D eigenvalue weighted by Crippen LogP contribution is -2.15. The van der Waals surface area contributed by atoms with E-state index in [2.05, 4.69) is 0 Å². The number of hydrogen-bond donors (Lipinski definition) is 1. The number of hydrogen-bond acceptors (Lipinski definition) is 2. The van der Waals surface area contributed by atoms with E-state index in [1.807, 2.05) is 0 Å². The largest absolute Gasteiger partial charge is 0.475 e. The first-order valence-corrected chi connectivity index (χ1v) is 3.70. The highest BCUT2D eigenvalue weighted by atomic mass is 19.1. The smallest absolute Gasteiger partial charge is 0.372 e. The Hall–Kier alpha value is -1.78. The lowest BCUT2D eigenvalue weighted by Gasteiger charge is -1.99. The predicted molar refractivity (Wildman–Crippen MR) is 42.7 cm³/mol. The fraction of sp³-hybridized carbons (Fsp3) is 0.111. The summed E-state index contributed by atoms with van der Waals surface area (Å²) in [5.41, 5.74) is -0.252. The third kappa shape index (κ3) is 2.35. The van der Waals surface area contributed by atoms with Gasteiger partial charge in [-0.05, 0) is 23.8 Å². The van der Waals surface area contributed by atoms with Gasteiger partial charge in [0.2, 0.25) is 5.78 Å². The topological polar surface area (TPSA) is 54.4 Å². The first kappa shape index (κ1) is 10.3. The van der Waals surface area contributed by atoms with Gasteiger partial charge in [-0.3, -0.25) is 4.79 Å². The minimum Gasteiger partial charge on any atom is -0.475 e. The van der Waals surface area contributed by atoms with Crippen molar-refractivity contribution < 1.29 is 23.5 Å². The fourth-order valence-corrected chi connectivity index (χ4v) is 0.927. The van der Waals surface area contributed by atoms with E-state index in [0.29, 0.717) is 0 Å². The summed E-state index contributed by atoms with van der Waals surface area (Å²) in [5, 5.41) is 8.24. The van der Waals surface area contributed by atoms with E-state index in [1.54, 1.807) is 0 Å². The number of aliphatic carboxylic acids is 1. The van der Waals surface area contributed by atoms with Crippen LogP contribution in [0.2, 0.25) is 0 Å². The highest BCUT2D eigenvalue weighted by molar-refractivity contribution is 6.33. The van der Waals surface area contributed by atoms with Crippen molar-refractivity contribution in [1.82, 2.24) is 0 Å². The minimum absolute atomic E-state index is 0.252. The standard InChI is InChI=1S/C9H6F2O3/c10-6-1-2-7(11)5(3-6)4-8(12)9(13)14/h1-3H,4H2,(H,13,14). The zero-order valence-electron chi connectivity index (χ0n) is 6.96. The minimum atomic E-state index is -1.66. The summed E-state index contributed by atoms with van der Waals surface area (Å²) in [4.78, 5) is 20.8. The van der Waals surface area contributed by atoms with Crippen molar-refractivity contribution in [2.24, 2.45) is 0 Å². The highest BCUT2D eigenvalue weighted by Gasteiger charge is 2.15. The Morgan fingerprint density at radius 1 is 1.29 bits per heavy atom. The Kier molecular flexibility index (Phi) is 2.91. The molecule has 0 aromatic heterocycles. The van der Waals surface area contributed by atoms with Crippen LogP contribution in [0, 0.1) is 11.6 Å². The van der Waals surface area contributed by atoms with Crippen molar-refractivity contribution in [2.45, 2.75) is 6.42 Å². The van der Waals surface area contributed by atoms with Crippen LogP contribution in [0.25, 0.3) is 0 Å². The van der Waals surface area contributed by atoms with Crippen molar-refractivity contribution in [2.75, 3.05) is 0 Å². The summed E-state index contributed by atoms with van der Waals surface area (Å²) >= 11 is 0. The van der Waals surface area contributed by atoms with Crippen molar-refractivity contribution in [3.05, 3.63) is 35.4 Å². The highest BCUT2D eigenvalue weighted by Crippen LogP contribution is 2.10. The zero-order chi connectivity index (χ0) is 10.7. The molecule has 1 aromatic carbocycles. The van der Waals surface area contributed by atoms with E-state index in [9.17, 15) is 18.4 Å². The monoisotopic (exact) mass is 200 g/mol. The van der Waals surface area contributed by atoms with E-state index in [0.717, 1.165) is 18.2 Å². The Morgan fingerprint density at radius 3 is 2.50 bits per heavy atom. The molecule has 0 aliphatic heterocycles. The summed E-state index contributed by atoms with van der Waals surface area (Å²) in [5.74, 6) is -4.33. The van der Waals surface area contributed by atoms with E-state index < -0.39 is 29.8 Å². The molecule has 74 valence electrons. The van der Waals surface area contributed by atoms with Crippen LogP contribution in [-0.4, -0.2) is 16.9 Å². The molecule has 0 saturated carbocycles. The first-order chi connectivity index (χ1) is 6.50. The second-order valence-corrected chi connectivity index (χ2v) is 2.64. The van der Waals surface area contributed by atoms with Gasteiger partial charge in [-0.15, -0.1) is 0 Å². The van der Waals surface area contributed by atoms with Gasteiger partial charge in [0.1, 0.15) is 11.6 Å². The quantitative estimate of drug-likeness (QED) is 0.745. The Labute approximate surface area is 78.0 Å². The van der Waals surface area contributed by atoms with E-state index >= 15 is 0 Å². The van der Waals surface area contributed by atoms with Gasteiger partial charge in [-0.2, -0.15) is 0 Å². The van der Waals surface area contributed by atoms with Crippen LogP contribution in [-0.2, 0) is 16.0 Å². The summed E-state index contributed by atoms with van der Waals surface area (Å²) < 4.78 is 25.5. The number of Topliss-reactive ketones (excluding diaryl/α,β-unsaturated/α-hetero) is 1. The number of carbonyl (C=O) groups is 2. The molecule has 0 unspecified atom stereocenters. The zero-order valence-corrected chi connectivity index (χ0v) is 6.96. The van der Waals surface area contributed by atoms with Crippen molar-refractivity contribution >= 4 is 11.8 Å². The second kappa shape index (κ2) is 3.95. The number of benzene rings is 1. The number of carboxylic acids is 1. The van der Waals surface area contributed by atoms with Gasteiger partial charge in [0.05, 0.1) is 0 Å². The van der Waals surface area contributed by atoms with E-state index in [-0.39, 0.29) is 5.56 Å². The number of ketones is 1. The van der Waals surface area contributed by atoms with Gasteiger partial charge in [-0.25, -0.2) is 13.6 Å². The maximum absolute atomic E-state index is 12.9. The maximum Gasteiger partial charge on any atom is 0.372 e. The van der Waals surface area contributed by atoms with E-state index in [4.69, 9.17) is 5.11 Å². The van der Waals surface area contributed by atoms with Gasteiger partial charge in [0.25, 0.3) is 0 Å².